The van der Waals surface area contributed by atoms with Crippen LogP contribution < -0.4 is 18.9 Å². The van der Waals surface area contributed by atoms with Gasteiger partial charge >= 0.3 is 5.97 Å². The summed E-state index contributed by atoms with van der Waals surface area (Å²) in [6, 6.07) is 10.9. The Hall–Kier alpha value is -2.93. The molecular weight excluding hydrogens is 352 g/mol. The van der Waals surface area contributed by atoms with Gasteiger partial charge in [-0.2, -0.15) is 0 Å². The molecule has 0 aromatic heterocycles. The third-order valence-corrected chi connectivity index (χ3v) is 5.27. The molecule has 2 aromatic carbocycles. The average Bonchev–Trinajstić information content (AvgIpc) is 3.41. The second-order valence-electron chi connectivity index (χ2n) is 6.85. The van der Waals surface area contributed by atoms with Crippen molar-refractivity contribution in [2.24, 2.45) is 11.8 Å². The van der Waals surface area contributed by atoms with Crippen LogP contribution in [0.15, 0.2) is 36.4 Å². The number of fused-ring (bicyclic) bond motifs is 2. The van der Waals surface area contributed by atoms with Gasteiger partial charge in [0.05, 0.1) is 18.6 Å². The summed E-state index contributed by atoms with van der Waals surface area (Å²) in [6.45, 7) is 0.562. The summed E-state index contributed by atoms with van der Waals surface area (Å²) in [4.78, 5) is 12.3. The Morgan fingerprint density at radius 2 is 1.56 bits per heavy atom. The van der Waals surface area contributed by atoms with Gasteiger partial charge in [-0.15, -0.1) is 0 Å². The van der Waals surface area contributed by atoms with Crippen LogP contribution in [0.3, 0.4) is 0 Å². The van der Waals surface area contributed by atoms with Crippen molar-refractivity contribution in [1.29, 1.82) is 0 Å². The maximum Gasteiger partial charge on any atom is 0.309 e. The van der Waals surface area contributed by atoms with Crippen LogP contribution in [0.1, 0.15) is 17.2 Å². The molecule has 3 atom stereocenters. The number of cyclic esters (lactones) is 1. The van der Waals surface area contributed by atoms with Gasteiger partial charge in [-0.05, 0) is 41.8 Å². The second kappa shape index (κ2) is 6.35. The third-order valence-electron chi connectivity index (χ3n) is 5.27. The number of aliphatic hydroxyl groups excluding tert-OH is 1. The van der Waals surface area contributed by atoms with E-state index in [0.717, 1.165) is 5.56 Å². The Kier molecular flexibility index (Phi) is 3.82. The molecule has 1 unspecified atom stereocenters. The predicted octanol–water partition coefficient (Wildman–Crippen LogP) is 2.21. The zero-order valence-electron chi connectivity index (χ0n) is 14.4. The lowest BCUT2D eigenvalue weighted by atomic mass is 9.83. The summed E-state index contributed by atoms with van der Waals surface area (Å²) in [5.41, 5.74) is 1.62. The molecule has 7 nitrogen and oxygen atoms in total. The monoisotopic (exact) mass is 370 g/mol. The molecule has 1 fully saturated rings. The summed E-state index contributed by atoms with van der Waals surface area (Å²) >= 11 is 0. The molecule has 2 aromatic rings. The van der Waals surface area contributed by atoms with Crippen molar-refractivity contribution in [1.82, 2.24) is 0 Å². The van der Waals surface area contributed by atoms with Crippen LogP contribution in [-0.2, 0) is 16.0 Å². The van der Waals surface area contributed by atoms with Crippen molar-refractivity contribution in [3.63, 3.8) is 0 Å². The van der Waals surface area contributed by atoms with Gasteiger partial charge in [0.2, 0.25) is 13.6 Å². The second-order valence-corrected chi connectivity index (χ2v) is 6.85. The van der Waals surface area contributed by atoms with Crippen LogP contribution in [-0.4, -0.2) is 31.3 Å². The molecule has 3 heterocycles. The molecule has 3 aliphatic heterocycles. The van der Waals surface area contributed by atoms with Gasteiger partial charge in [-0.3, -0.25) is 4.79 Å². The zero-order chi connectivity index (χ0) is 18.4. The topological polar surface area (TPSA) is 83.5 Å². The maximum absolute atomic E-state index is 12.3. The molecule has 140 valence electrons. The number of hydrogen-bond donors (Lipinski definition) is 1. The highest BCUT2D eigenvalue weighted by Crippen LogP contribution is 2.41. The highest BCUT2D eigenvalue weighted by atomic mass is 16.7. The fourth-order valence-corrected chi connectivity index (χ4v) is 3.79. The minimum absolute atomic E-state index is 0.173. The summed E-state index contributed by atoms with van der Waals surface area (Å²) in [6.07, 6.45) is -0.383. The molecule has 1 N–H and O–H groups in total. The molecule has 0 radical (unpaired) electrons. The first-order chi connectivity index (χ1) is 13.2. The average molecular weight is 370 g/mol. The molecule has 3 aliphatic rings. The SMILES string of the molecule is O=C1OCC([C@@H](O)c2ccc3c(c2)OCO3)[C@H]1Cc1ccc2c(c1)OCO2. The highest BCUT2D eigenvalue weighted by Gasteiger charge is 2.42. The van der Waals surface area contributed by atoms with Crippen LogP contribution in [0.2, 0.25) is 0 Å². The van der Waals surface area contributed by atoms with E-state index in [1.54, 1.807) is 18.2 Å². The Balaban J connectivity index is 1.37. The van der Waals surface area contributed by atoms with E-state index in [2.05, 4.69) is 0 Å². The molecule has 0 aliphatic carbocycles. The number of rotatable bonds is 4. The molecular formula is C20H18O7. The molecule has 0 spiro atoms. The van der Waals surface area contributed by atoms with Crippen molar-refractivity contribution in [3.8, 4) is 23.0 Å². The van der Waals surface area contributed by atoms with Crippen LogP contribution in [0.25, 0.3) is 0 Å². The van der Waals surface area contributed by atoms with Crippen LogP contribution >= 0.6 is 0 Å². The minimum Gasteiger partial charge on any atom is -0.465 e. The number of carbonyl (C=O) groups is 1. The number of ether oxygens (including phenoxy) is 5. The summed E-state index contributed by atoms with van der Waals surface area (Å²) in [7, 11) is 0. The predicted molar refractivity (Wildman–Crippen MR) is 91.7 cm³/mol. The minimum atomic E-state index is -0.843. The van der Waals surface area contributed by atoms with E-state index in [0.29, 0.717) is 35.0 Å². The Morgan fingerprint density at radius 3 is 2.33 bits per heavy atom. The molecule has 7 heteroatoms. The van der Waals surface area contributed by atoms with Crippen molar-refractivity contribution in [2.45, 2.75) is 12.5 Å². The van der Waals surface area contributed by atoms with Crippen molar-refractivity contribution in [2.75, 3.05) is 20.2 Å². The van der Waals surface area contributed by atoms with Crippen molar-refractivity contribution < 1.29 is 33.6 Å². The zero-order valence-corrected chi connectivity index (χ0v) is 14.4. The number of hydrogen-bond acceptors (Lipinski definition) is 7. The largest absolute Gasteiger partial charge is 0.465 e. The maximum atomic E-state index is 12.3. The number of esters is 1. The van der Waals surface area contributed by atoms with Gasteiger partial charge in [0.25, 0.3) is 0 Å². The number of aliphatic hydroxyl groups is 1. The number of benzene rings is 2. The molecule has 5 rings (SSSR count). The van der Waals surface area contributed by atoms with E-state index in [1.807, 2.05) is 18.2 Å². The van der Waals surface area contributed by atoms with Gasteiger partial charge in [0.15, 0.2) is 23.0 Å². The van der Waals surface area contributed by atoms with Crippen LogP contribution in [0.5, 0.6) is 23.0 Å². The molecule has 27 heavy (non-hydrogen) atoms. The van der Waals surface area contributed by atoms with Gasteiger partial charge < -0.3 is 28.8 Å². The highest BCUT2D eigenvalue weighted by molar-refractivity contribution is 5.75. The fourth-order valence-electron chi connectivity index (χ4n) is 3.79. The third kappa shape index (κ3) is 2.84. The van der Waals surface area contributed by atoms with Gasteiger partial charge in [-0.1, -0.05) is 12.1 Å². The Labute approximate surface area is 155 Å². The first-order valence-electron chi connectivity index (χ1n) is 8.82. The van der Waals surface area contributed by atoms with Crippen LogP contribution in [0.4, 0.5) is 0 Å². The molecule has 0 amide bonds. The first kappa shape index (κ1) is 16.3. The van der Waals surface area contributed by atoms with E-state index < -0.39 is 12.0 Å². The first-order valence-corrected chi connectivity index (χ1v) is 8.82. The van der Waals surface area contributed by atoms with Crippen molar-refractivity contribution in [3.05, 3.63) is 47.5 Å². The fraction of sp³-hybridized carbons (Fsp3) is 0.350. The standard InChI is InChI=1S/C20H18O7/c21-19(12-2-4-16-18(7-12)27-10-25-16)14-8-23-20(22)13(14)5-11-1-3-15-17(6-11)26-9-24-15/h1-4,6-7,13-14,19,21H,5,8-10H2/t13-,14?,19+/m1/s1. The molecule has 1 saturated heterocycles. The normalized spacial score (nSPS) is 23.4. The van der Waals surface area contributed by atoms with E-state index >= 15 is 0 Å². The lowest BCUT2D eigenvalue weighted by Crippen LogP contribution is -2.24. The molecule has 0 bridgehead atoms. The van der Waals surface area contributed by atoms with E-state index in [1.165, 1.54) is 0 Å². The number of carbonyl (C=O) groups excluding carboxylic acids is 1. The van der Waals surface area contributed by atoms with Crippen LogP contribution in [0, 0.1) is 11.8 Å². The van der Waals surface area contributed by atoms with E-state index in [9.17, 15) is 9.90 Å². The summed E-state index contributed by atoms with van der Waals surface area (Å²) < 4.78 is 26.7. The lowest BCUT2D eigenvalue weighted by molar-refractivity contribution is -0.141. The Morgan fingerprint density at radius 1 is 0.889 bits per heavy atom. The van der Waals surface area contributed by atoms with Gasteiger partial charge in [-0.25, -0.2) is 0 Å². The Bertz CT molecular complexity index is 894. The quantitative estimate of drug-likeness (QED) is 0.826. The van der Waals surface area contributed by atoms with Crippen molar-refractivity contribution >= 4 is 5.97 Å². The van der Waals surface area contributed by atoms with Gasteiger partial charge in [0, 0.05) is 5.92 Å². The summed E-state index contributed by atoms with van der Waals surface area (Å²) in [5, 5.41) is 10.9. The molecule has 0 saturated carbocycles. The smallest absolute Gasteiger partial charge is 0.309 e. The van der Waals surface area contributed by atoms with Gasteiger partial charge in [0.1, 0.15) is 0 Å². The lowest BCUT2D eigenvalue weighted by Gasteiger charge is -2.22. The van der Waals surface area contributed by atoms with E-state index in [4.69, 9.17) is 23.7 Å². The van der Waals surface area contributed by atoms with E-state index in [-0.39, 0.29) is 32.1 Å². The summed E-state index contributed by atoms with van der Waals surface area (Å²) in [5.74, 6) is 1.55.